The first-order valence-electron chi connectivity index (χ1n) is 7.61. The SMILES string of the molecule is Cc1nccn1C[C@H]1CCCN1S(=O)(=O)C[C@@H]1CCOC1. The molecule has 0 saturated carbocycles. The second-order valence-corrected chi connectivity index (χ2v) is 8.01. The minimum absolute atomic E-state index is 0.0604. The van der Waals surface area contributed by atoms with Crippen LogP contribution in [0.3, 0.4) is 0 Å². The molecule has 1 aromatic rings. The van der Waals surface area contributed by atoms with Gasteiger partial charge in [-0.2, -0.15) is 4.31 Å². The van der Waals surface area contributed by atoms with Gasteiger partial charge in [-0.1, -0.05) is 0 Å². The molecule has 0 radical (unpaired) electrons. The number of nitrogens with zero attached hydrogens (tertiary/aromatic N) is 3. The second-order valence-electron chi connectivity index (χ2n) is 6.04. The van der Waals surface area contributed by atoms with Crippen LogP contribution < -0.4 is 0 Å². The average Bonchev–Trinajstić information content (AvgIpc) is 3.13. The Balaban J connectivity index is 1.69. The summed E-state index contributed by atoms with van der Waals surface area (Å²) in [5.74, 6) is 1.32. The zero-order valence-electron chi connectivity index (χ0n) is 12.4. The third-order valence-corrected chi connectivity index (χ3v) is 6.57. The van der Waals surface area contributed by atoms with Gasteiger partial charge in [0.25, 0.3) is 0 Å². The summed E-state index contributed by atoms with van der Waals surface area (Å²) in [5.41, 5.74) is 0. The van der Waals surface area contributed by atoms with E-state index in [0.29, 0.717) is 26.3 Å². The minimum Gasteiger partial charge on any atom is -0.381 e. The van der Waals surface area contributed by atoms with Crippen molar-refractivity contribution in [3.05, 3.63) is 18.2 Å². The van der Waals surface area contributed by atoms with Crippen LogP contribution in [0.15, 0.2) is 12.4 Å². The maximum absolute atomic E-state index is 12.7. The van der Waals surface area contributed by atoms with Crippen LogP contribution in [0.2, 0.25) is 0 Å². The topological polar surface area (TPSA) is 64.4 Å². The van der Waals surface area contributed by atoms with Crippen molar-refractivity contribution in [2.75, 3.05) is 25.5 Å². The fraction of sp³-hybridized carbons (Fsp3) is 0.786. The monoisotopic (exact) mass is 313 g/mol. The predicted octanol–water partition coefficient (Wildman–Crippen LogP) is 1.02. The molecule has 0 bridgehead atoms. The zero-order chi connectivity index (χ0) is 14.9. The van der Waals surface area contributed by atoms with E-state index in [1.807, 2.05) is 17.7 Å². The van der Waals surface area contributed by atoms with Crippen molar-refractivity contribution >= 4 is 10.0 Å². The zero-order valence-corrected chi connectivity index (χ0v) is 13.3. The summed E-state index contributed by atoms with van der Waals surface area (Å²) in [4.78, 5) is 4.21. The highest BCUT2D eigenvalue weighted by Gasteiger charge is 2.36. The quantitative estimate of drug-likeness (QED) is 0.814. The van der Waals surface area contributed by atoms with Gasteiger partial charge in [-0.25, -0.2) is 13.4 Å². The van der Waals surface area contributed by atoms with E-state index in [0.717, 1.165) is 25.1 Å². The molecule has 3 heterocycles. The number of ether oxygens (including phenoxy) is 1. The van der Waals surface area contributed by atoms with Crippen molar-refractivity contribution < 1.29 is 13.2 Å². The maximum atomic E-state index is 12.7. The fourth-order valence-electron chi connectivity index (χ4n) is 3.29. The van der Waals surface area contributed by atoms with Gasteiger partial charge in [0.1, 0.15) is 5.82 Å². The molecule has 2 aliphatic rings. The van der Waals surface area contributed by atoms with E-state index in [9.17, 15) is 8.42 Å². The van der Waals surface area contributed by atoms with E-state index in [1.54, 1.807) is 10.5 Å². The summed E-state index contributed by atoms with van der Waals surface area (Å²) < 4.78 is 34.4. The summed E-state index contributed by atoms with van der Waals surface area (Å²) >= 11 is 0. The van der Waals surface area contributed by atoms with E-state index in [-0.39, 0.29) is 17.7 Å². The molecule has 2 saturated heterocycles. The molecule has 2 fully saturated rings. The fourth-order valence-corrected chi connectivity index (χ4v) is 5.37. The third kappa shape index (κ3) is 3.30. The number of aryl methyl sites for hydroxylation is 1. The first-order valence-corrected chi connectivity index (χ1v) is 9.22. The Labute approximate surface area is 126 Å². The maximum Gasteiger partial charge on any atom is 0.214 e. The number of hydrogen-bond acceptors (Lipinski definition) is 4. The molecule has 3 rings (SSSR count). The second kappa shape index (κ2) is 6.06. The Morgan fingerprint density at radius 2 is 2.29 bits per heavy atom. The summed E-state index contributed by atoms with van der Waals surface area (Å²) in [6, 6.07) is 0.0604. The predicted molar refractivity (Wildman–Crippen MR) is 79.4 cm³/mol. The van der Waals surface area contributed by atoms with Gasteiger partial charge < -0.3 is 9.30 Å². The molecule has 2 aliphatic heterocycles. The van der Waals surface area contributed by atoms with Crippen molar-refractivity contribution in [1.82, 2.24) is 13.9 Å². The van der Waals surface area contributed by atoms with Crippen molar-refractivity contribution in [3.8, 4) is 0 Å². The van der Waals surface area contributed by atoms with Crippen LogP contribution in [0, 0.1) is 12.8 Å². The lowest BCUT2D eigenvalue weighted by Gasteiger charge is -2.25. The van der Waals surface area contributed by atoms with E-state index in [2.05, 4.69) is 4.98 Å². The van der Waals surface area contributed by atoms with Gasteiger partial charge in [-0.3, -0.25) is 0 Å². The summed E-state index contributed by atoms with van der Waals surface area (Å²) in [7, 11) is -3.19. The van der Waals surface area contributed by atoms with Gasteiger partial charge in [0.2, 0.25) is 10.0 Å². The summed E-state index contributed by atoms with van der Waals surface area (Å²) in [5, 5.41) is 0. The molecule has 0 aliphatic carbocycles. The van der Waals surface area contributed by atoms with Crippen LogP contribution in [0.4, 0.5) is 0 Å². The highest BCUT2D eigenvalue weighted by Crippen LogP contribution is 2.26. The van der Waals surface area contributed by atoms with Gasteiger partial charge in [-0.05, 0) is 32.1 Å². The molecule has 0 unspecified atom stereocenters. The molecule has 6 nitrogen and oxygen atoms in total. The smallest absolute Gasteiger partial charge is 0.214 e. The Hall–Kier alpha value is -0.920. The Bertz CT molecular complexity index is 578. The van der Waals surface area contributed by atoms with Crippen LogP contribution in [0.25, 0.3) is 0 Å². The standard InChI is InChI=1S/C14H23N3O3S/c1-12-15-5-7-16(12)9-14-3-2-6-17(14)21(18,19)11-13-4-8-20-10-13/h5,7,13-14H,2-4,6,8-11H2,1H3/t13-,14-/m1/s1. The largest absolute Gasteiger partial charge is 0.381 e. The molecule has 21 heavy (non-hydrogen) atoms. The van der Waals surface area contributed by atoms with Crippen LogP contribution in [0.1, 0.15) is 25.1 Å². The normalized spacial score (nSPS) is 27.5. The van der Waals surface area contributed by atoms with Crippen LogP contribution in [-0.2, 0) is 21.3 Å². The molecule has 1 aromatic heterocycles. The molecule has 0 aromatic carbocycles. The van der Waals surface area contributed by atoms with Crippen LogP contribution in [-0.4, -0.2) is 53.8 Å². The van der Waals surface area contributed by atoms with E-state index >= 15 is 0 Å². The average molecular weight is 313 g/mol. The highest BCUT2D eigenvalue weighted by molar-refractivity contribution is 7.89. The molecule has 2 atom stereocenters. The van der Waals surface area contributed by atoms with Gasteiger partial charge in [-0.15, -0.1) is 0 Å². The van der Waals surface area contributed by atoms with E-state index < -0.39 is 10.0 Å². The number of imidazole rings is 1. The van der Waals surface area contributed by atoms with Crippen molar-refractivity contribution in [2.24, 2.45) is 5.92 Å². The molecule has 0 amide bonds. The van der Waals surface area contributed by atoms with Gasteiger partial charge in [0.15, 0.2) is 0 Å². The lowest BCUT2D eigenvalue weighted by Crippen LogP contribution is -2.40. The van der Waals surface area contributed by atoms with E-state index in [1.165, 1.54) is 0 Å². The summed E-state index contributed by atoms with van der Waals surface area (Å²) in [6.07, 6.45) is 6.41. The number of hydrogen-bond donors (Lipinski definition) is 0. The lowest BCUT2D eigenvalue weighted by molar-refractivity contribution is 0.188. The molecular formula is C14H23N3O3S. The first-order chi connectivity index (χ1) is 10.1. The third-order valence-electron chi connectivity index (χ3n) is 4.48. The van der Waals surface area contributed by atoms with E-state index in [4.69, 9.17) is 4.74 Å². The Morgan fingerprint density at radius 3 is 2.95 bits per heavy atom. The highest BCUT2D eigenvalue weighted by atomic mass is 32.2. The molecule has 0 N–H and O–H groups in total. The number of rotatable bonds is 5. The lowest BCUT2D eigenvalue weighted by atomic mass is 10.2. The minimum atomic E-state index is -3.19. The number of sulfonamides is 1. The first kappa shape index (κ1) is 15.0. The van der Waals surface area contributed by atoms with Gasteiger partial charge in [0.05, 0.1) is 12.4 Å². The number of aromatic nitrogens is 2. The molecular weight excluding hydrogens is 290 g/mol. The van der Waals surface area contributed by atoms with Crippen molar-refractivity contribution in [2.45, 2.75) is 38.8 Å². The van der Waals surface area contributed by atoms with Crippen LogP contribution in [0.5, 0.6) is 0 Å². The van der Waals surface area contributed by atoms with Gasteiger partial charge in [0, 0.05) is 38.1 Å². The molecule has 0 spiro atoms. The molecule has 7 heteroatoms. The van der Waals surface area contributed by atoms with Gasteiger partial charge >= 0.3 is 0 Å². The van der Waals surface area contributed by atoms with Crippen molar-refractivity contribution in [1.29, 1.82) is 0 Å². The Kier molecular flexibility index (Phi) is 4.33. The van der Waals surface area contributed by atoms with Crippen molar-refractivity contribution in [3.63, 3.8) is 0 Å². The molecule has 118 valence electrons. The summed E-state index contributed by atoms with van der Waals surface area (Å²) in [6.45, 7) is 4.57. The van der Waals surface area contributed by atoms with Crippen LogP contribution >= 0.6 is 0 Å². The Morgan fingerprint density at radius 1 is 1.43 bits per heavy atom.